The van der Waals surface area contributed by atoms with Crippen molar-refractivity contribution >= 4 is 15.9 Å². The van der Waals surface area contributed by atoms with Crippen molar-refractivity contribution in [2.24, 2.45) is 5.92 Å². The van der Waals surface area contributed by atoms with Crippen LogP contribution in [0.3, 0.4) is 0 Å². The van der Waals surface area contributed by atoms with E-state index in [0.717, 1.165) is 12.3 Å². The molecule has 1 nitrogen and oxygen atoms in total. The lowest BCUT2D eigenvalue weighted by atomic mass is 9.94. The van der Waals surface area contributed by atoms with Crippen molar-refractivity contribution in [1.82, 2.24) is 5.32 Å². The van der Waals surface area contributed by atoms with E-state index in [4.69, 9.17) is 0 Å². The van der Waals surface area contributed by atoms with Gasteiger partial charge in [0.15, 0.2) is 0 Å². The summed E-state index contributed by atoms with van der Waals surface area (Å²) in [5.74, 6) is 0.838. The van der Waals surface area contributed by atoms with Crippen LogP contribution in [0, 0.1) is 5.92 Å². The molecule has 1 N–H and O–H groups in total. The van der Waals surface area contributed by atoms with E-state index < -0.39 is 0 Å². The summed E-state index contributed by atoms with van der Waals surface area (Å²) in [5.41, 5.74) is 3.03. The van der Waals surface area contributed by atoms with Crippen LogP contribution in [0.1, 0.15) is 24.5 Å². The zero-order valence-corrected chi connectivity index (χ0v) is 10.8. The first kappa shape index (κ1) is 11.2. The minimum Gasteiger partial charge on any atom is -0.316 e. The molecule has 1 aromatic carbocycles. The van der Waals surface area contributed by atoms with E-state index in [1.54, 1.807) is 0 Å². The third-order valence-electron chi connectivity index (χ3n) is 3.22. The van der Waals surface area contributed by atoms with Crippen LogP contribution in [0.25, 0.3) is 0 Å². The van der Waals surface area contributed by atoms with Crippen LogP contribution >= 0.6 is 15.9 Å². The van der Waals surface area contributed by atoms with Gasteiger partial charge < -0.3 is 5.32 Å². The molecule has 15 heavy (non-hydrogen) atoms. The average molecular weight is 268 g/mol. The van der Waals surface area contributed by atoms with E-state index in [-0.39, 0.29) is 0 Å². The first-order valence-corrected chi connectivity index (χ1v) is 6.57. The summed E-state index contributed by atoms with van der Waals surface area (Å²) >= 11 is 3.56. The maximum Gasteiger partial charge on any atom is 0.0178 e. The second-order valence-electron chi connectivity index (χ2n) is 4.33. The van der Waals surface area contributed by atoms with E-state index in [2.05, 4.69) is 46.4 Å². The summed E-state index contributed by atoms with van der Waals surface area (Å²) in [7, 11) is 0. The molecule has 82 valence electrons. The summed E-state index contributed by atoms with van der Waals surface area (Å²) in [6, 6.07) is 6.69. The monoisotopic (exact) mass is 267 g/mol. The molecule has 0 aromatic heterocycles. The lowest BCUT2D eigenvalue weighted by Crippen LogP contribution is -2.11. The molecule has 0 aliphatic carbocycles. The molecule has 1 atom stereocenters. The molecule has 1 unspecified atom stereocenters. The van der Waals surface area contributed by atoms with Crippen molar-refractivity contribution in [3.8, 4) is 0 Å². The topological polar surface area (TPSA) is 12.0 Å². The third kappa shape index (κ3) is 2.82. The average Bonchev–Trinajstić information content (AvgIpc) is 2.71. The van der Waals surface area contributed by atoms with Gasteiger partial charge in [0.1, 0.15) is 0 Å². The molecule has 0 bridgehead atoms. The smallest absolute Gasteiger partial charge is 0.0178 e. The van der Waals surface area contributed by atoms with E-state index >= 15 is 0 Å². The van der Waals surface area contributed by atoms with Crippen LogP contribution in [0.15, 0.2) is 22.7 Å². The van der Waals surface area contributed by atoms with Crippen LogP contribution in [0.2, 0.25) is 0 Å². The molecule has 2 rings (SSSR count). The van der Waals surface area contributed by atoms with Crippen molar-refractivity contribution in [3.63, 3.8) is 0 Å². The molecule has 0 spiro atoms. The minimum atomic E-state index is 0.838. The Labute approximate surface area is 100 Å². The van der Waals surface area contributed by atoms with Gasteiger partial charge in [0, 0.05) is 4.47 Å². The van der Waals surface area contributed by atoms with Gasteiger partial charge in [-0.3, -0.25) is 0 Å². The molecule has 1 heterocycles. The predicted molar refractivity (Wildman–Crippen MR) is 68.2 cm³/mol. The van der Waals surface area contributed by atoms with Gasteiger partial charge in [0.2, 0.25) is 0 Å². The van der Waals surface area contributed by atoms with Crippen molar-refractivity contribution < 1.29 is 0 Å². The van der Waals surface area contributed by atoms with Gasteiger partial charge >= 0.3 is 0 Å². The molecule has 2 heteroatoms. The molecule has 0 radical (unpaired) electrons. The van der Waals surface area contributed by atoms with E-state index in [0.29, 0.717) is 0 Å². The van der Waals surface area contributed by atoms with Gasteiger partial charge in [-0.1, -0.05) is 28.9 Å². The van der Waals surface area contributed by atoms with Gasteiger partial charge in [-0.15, -0.1) is 0 Å². The van der Waals surface area contributed by atoms with E-state index in [1.807, 2.05) is 0 Å². The summed E-state index contributed by atoms with van der Waals surface area (Å²) in [6.07, 6.45) is 3.70. The zero-order chi connectivity index (χ0) is 10.7. The molecule has 1 fully saturated rings. The predicted octanol–water partition coefficient (Wildman–Crippen LogP) is 3.16. The Morgan fingerprint density at radius 2 is 2.27 bits per heavy atom. The lowest BCUT2D eigenvalue weighted by molar-refractivity contribution is 0.577. The Morgan fingerprint density at radius 3 is 2.93 bits per heavy atom. The SMILES string of the molecule is CCc1ccc(Br)cc1CC1CCNC1. The Bertz CT molecular complexity index is 329. The highest BCUT2D eigenvalue weighted by Crippen LogP contribution is 2.22. The summed E-state index contributed by atoms with van der Waals surface area (Å²) in [6.45, 7) is 4.62. The highest BCUT2D eigenvalue weighted by Gasteiger charge is 2.16. The first-order valence-electron chi connectivity index (χ1n) is 5.77. The van der Waals surface area contributed by atoms with Crippen LogP contribution in [0.4, 0.5) is 0 Å². The quantitative estimate of drug-likeness (QED) is 0.887. The third-order valence-corrected chi connectivity index (χ3v) is 3.71. The Hall–Kier alpha value is -0.340. The molecule has 1 aromatic rings. The number of hydrogen-bond donors (Lipinski definition) is 1. The van der Waals surface area contributed by atoms with Crippen molar-refractivity contribution in [2.45, 2.75) is 26.2 Å². The van der Waals surface area contributed by atoms with E-state index in [9.17, 15) is 0 Å². The number of halogens is 1. The number of aryl methyl sites for hydroxylation is 1. The maximum atomic E-state index is 3.56. The van der Waals surface area contributed by atoms with Crippen LogP contribution in [-0.4, -0.2) is 13.1 Å². The second-order valence-corrected chi connectivity index (χ2v) is 5.25. The maximum absolute atomic E-state index is 3.56. The zero-order valence-electron chi connectivity index (χ0n) is 9.22. The second kappa shape index (κ2) is 5.13. The fourth-order valence-electron chi connectivity index (χ4n) is 2.33. The summed E-state index contributed by atoms with van der Waals surface area (Å²) in [5, 5.41) is 3.43. The molecular formula is C13H18BrN. The molecule has 0 saturated carbocycles. The van der Waals surface area contributed by atoms with Gasteiger partial charge in [-0.2, -0.15) is 0 Å². The first-order chi connectivity index (χ1) is 7.29. The van der Waals surface area contributed by atoms with Crippen molar-refractivity contribution in [2.75, 3.05) is 13.1 Å². The minimum absolute atomic E-state index is 0.838. The van der Waals surface area contributed by atoms with Gasteiger partial charge in [0.05, 0.1) is 0 Å². The van der Waals surface area contributed by atoms with Gasteiger partial charge in [0.25, 0.3) is 0 Å². The highest BCUT2D eigenvalue weighted by molar-refractivity contribution is 9.10. The van der Waals surface area contributed by atoms with Crippen molar-refractivity contribution in [3.05, 3.63) is 33.8 Å². The lowest BCUT2D eigenvalue weighted by Gasteiger charge is -2.12. The summed E-state index contributed by atoms with van der Waals surface area (Å²) < 4.78 is 1.21. The van der Waals surface area contributed by atoms with Gasteiger partial charge in [-0.05, 0) is 61.5 Å². The Kier molecular flexibility index (Phi) is 3.81. The molecule has 0 amide bonds. The van der Waals surface area contributed by atoms with Crippen LogP contribution < -0.4 is 5.32 Å². The Balaban J connectivity index is 2.14. The van der Waals surface area contributed by atoms with Crippen LogP contribution in [0.5, 0.6) is 0 Å². The van der Waals surface area contributed by atoms with Gasteiger partial charge in [-0.25, -0.2) is 0 Å². The molecular weight excluding hydrogens is 250 g/mol. The fraction of sp³-hybridized carbons (Fsp3) is 0.538. The summed E-state index contributed by atoms with van der Waals surface area (Å²) in [4.78, 5) is 0. The number of hydrogen-bond acceptors (Lipinski definition) is 1. The molecule has 1 aliphatic heterocycles. The fourth-order valence-corrected chi connectivity index (χ4v) is 2.74. The Morgan fingerprint density at radius 1 is 1.40 bits per heavy atom. The standard InChI is InChI=1S/C13H18BrN/c1-2-11-3-4-13(14)8-12(11)7-10-5-6-15-9-10/h3-4,8,10,15H,2,5-7,9H2,1H3. The van der Waals surface area contributed by atoms with Crippen molar-refractivity contribution in [1.29, 1.82) is 0 Å². The van der Waals surface area contributed by atoms with Crippen LogP contribution in [-0.2, 0) is 12.8 Å². The number of benzene rings is 1. The largest absolute Gasteiger partial charge is 0.316 e. The molecule has 1 aliphatic rings. The highest BCUT2D eigenvalue weighted by atomic mass is 79.9. The molecule has 1 saturated heterocycles. The number of nitrogens with one attached hydrogen (secondary N) is 1. The number of rotatable bonds is 3. The normalized spacial score (nSPS) is 20.8. The van der Waals surface area contributed by atoms with E-state index in [1.165, 1.54) is 41.5 Å².